The Balaban J connectivity index is 2.81. The Kier molecular flexibility index (Phi) is 3.97. The first-order chi connectivity index (χ1) is 7.34. The van der Waals surface area contributed by atoms with Crippen LogP contribution < -0.4 is 0 Å². The van der Waals surface area contributed by atoms with Gasteiger partial charge in [-0.3, -0.25) is 4.79 Å². The number of carbonyl (C=O) groups excluding carboxylic acids is 1. The van der Waals surface area contributed by atoms with Crippen molar-refractivity contribution >= 4 is 5.97 Å². The fourth-order valence-corrected chi connectivity index (χ4v) is 2.41. The number of aliphatic hydroxyl groups is 2. The van der Waals surface area contributed by atoms with E-state index in [4.69, 9.17) is 4.74 Å². The third-order valence-electron chi connectivity index (χ3n) is 3.62. The average molecular weight is 230 g/mol. The zero-order valence-electron chi connectivity index (χ0n) is 10.4. The Bertz CT molecular complexity index is 266. The highest BCUT2D eigenvalue weighted by molar-refractivity contribution is 5.76. The van der Waals surface area contributed by atoms with Crippen LogP contribution in [0.4, 0.5) is 0 Å². The lowest BCUT2D eigenvalue weighted by Crippen LogP contribution is -2.51. The largest absolute Gasteiger partial charge is 0.453 e. The molecule has 1 fully saturated rings. The van der Waals surface area contributed by atoms with Gasteiger partial charge in [0, 0.05) is 0 Å². The fourth-order valence-electron chi connectivity index (χ4n) is 2.41. The SMILES string of the molecule is CCCC(C)C(O)[C@]1(C)OC(=O)[C@@H](C)[C@H]1O. The van der Waals surface area contributed by atoms with Crippen molar-refractivity contribution in [2.45, 2.75) is 58.3 Å². The lowest BCUT2D eigenvalue weighted by Gasteiger charge is -2.35. The van der Waals surface area contributed by atoms with Crippen molar-refractivity contribution in [3.63, 3.8) is 0 Å². The molecular weight excluding hydrogens is 208 g/mol. The van der Waals surface area contributed by atoms with Crippen molar-refractivity contribution in [2.75, 3.05) is 0 Å². The van der Waals surface area contributed by atoms with E-state index in [-0.39, 0.29) is 5.92 Å². The molecule has 4 nitrogen and oxygen atoms in total. The van der Waals surface area contributed by atoms with Gasteiger partial charge in [-0.15, -0.1) is 0 Å². The van der Waals surface area contributed by atoms with E-state index in [1.54, 1.807) is 13.8 Å². The Labute approximate surface area is 96.6 Å². The Morgan fingerprint density at radius 2 is 2.12 bits per heavy atom. The van der Waals surface area contributed by atoms with Crippen LogP contribution in [0.25, 0.3) is 0 Å². The number of rotatable bonds is 4. The number of aliphatic hydroxyl groups excluding tert-OH is 2. The highest BCUT2D eigenvalue weighted by Crippen LogP contribution is 2.37. The molecule has 1 aliphatic heterocycles. The third-order valence-corrected chi connectivity index (χ3v) is 3.62. The van der Waals surface area contributed by atoms with Gasteiger partial charge in [0.15, 0.2) is 5.60 Å². The Morgan fingerprint density at radius 1 is 1.56 bits per heavy atom. The first-order valence-electron chi connectivity index (χ1n) is 5.93. The molecular formula is C12H22O4. The van der Waals surface area contributed by atoms with E-state index >= 15 is 0 Å². The molecule has 0 bridgehead atoms. The molecule has 1 saturated heterocycles. The number of hydrogen-bond acceptors (Lipinski definition) is 4. The van der Waals surface area contributed by atoms with Crippen LogP contribution in [0.5, 0.6) is 0 Å². The van der Waals surface area contributed by atoms with Gasteiger partial charge in [0.25, 0.3) is 0 Å². The predicted molar refractivity (Wildman–Crippen MR) is 59.7 cm³/mol. The monoisotopic (exact) mass is 230 g/mol. The molecule has 0 aromatic heterocycles. The van der Waals surface area contributed by atoms with Gasteiger partial charge in [-0.2, -0.15) is 0 Å². The first kappa shape index (κ1) is 13.5. The molecule has 4 heteroatoms. The van der Waals surface area contributed by atoms with Crippen LogP contribution in [0, 0.1) is 11.8 Å². The van der Waals surface area contributed by atoms with E-state index in [0.717, 1.165) is 12.8 Å². The lowest BCUT2D eigenvalue weighted by atomic mass is 9.81. The summed E-state index contributed by atoms with van der Waals surface area (Å²) in [6.07, 6.45) is 0.0363. The number of ether oxygens (including phenoxy) is 1. The van der Waals surface area contributed by atoms with Gasteiger partial charge >= 0.3 is 5.97 Å². The maximum Gasteiger partial charge on any atom is 0.312 e. The summed E-state index contributed by atoms with van der Waals surface area (Å²) in [6.45, 7) is 7.17. The topological polar surface area (TPSA) is 66.8 Å². The van der Waals surface area contributed by atoms with Crippen LogP contribution in [-0.2, 0) is 9.53 Å². The van der Waals surface area contributed by atoms with Gasteiger partial charge in [0.2, 0.25) is 0 Å². The van der Waals surface area contributed by atoms with Crippen LogP contribution >= 0.6 is 0 Å². The zero-order valence-corrected chi connectivity index (χ0v) is 10.4. The zero-order chi connectivity index (χ0) is 12.5. The van der Waals surface area contributed by atoms with Crippen LogP contribution in [0.3, 0.4) is 0 Å². The van der Waals surface area contributed by atoms with Gasteiger partial charge < -0.3 is 14.9 Å². The lowest BCUT2D eigenvalue weighted by molar-refractivity contribution is -0.168. The second-order valence-electron chi connectivity index (χ2n) is 5.05. The van der Waals surface area contributed by atoms with Crippen molar-refractivity contribution < 1.29 is 19.7 Å². The minimum atomic E-state index is -1.16. The van der Waals surface area contributed by atoms with E-state index in [1.165, 1.54) is 0 Å². The van der Waals surface area contributed by atoms with Crippen LogP contribution in [-0.4, -0.2) is 34.0 Å². The van der Waals surface area contributed by atoms with E-state index in [0.29, 0.717) is 0 Å². The fraction of sp³-hybridized carbons (Fsp3) is 0.917. The van der Waals surface area contributed by atoms with Crippen LogP contribution in [0.2, 0.25) is 0 Å². The maximum absolute atomic E-state index is 11.4. The molecule has 0 aromatic rings. The molecule has 0 amide bonds. The van der Waals surface area contributed by atoms with Crippen LogP contribution in [0.15, 0.2) is 0 Å². The molecule has 0 radical (unpaired) electrons. The Hall–Kier alpha value is -0.610. The molecule has 16 heavy (non-hydrogen) atoms. The van der Waals surface area contributed by atoms with Crippen molar-refractivity contribution in [3.05, 3.63) is 0 Å². The number of hydrogen-bond donors (Lipinski definition) is 2. The molecule has 1 heterocycles. The maximum atomic E-state index is 11.4. The first-order valence-corrected chi connectivity index (χ1v) is 5.93. The van der Waals surface area contributed by atoms with Gasteiger partial charge in [-0.25, -0.2) is 0 Å². The summed E-state index contributed by atoms with van der Waals surface area (Å²) in [4.78, 5) is 11.4. The molecule has 1 aliphatic rings. The van der Waals surface area contributed by atoms with E-state index in [9.17, 15) is 15.0 Å². The smallest absolute Gasteiger partial charge is 0.312 e. The Morgan fingerprint density at radius 3 is 2.50 bits per heavy atom. The predicted octanol–water partition coefficient (Wildman–Crippen LogP) is 1.10. The second-order valence-corrected chi connectivity index (χ2v) is 5.05. The molecule has 1 rings (SSSR count). The van der Waals surface area contributed by atoms with Crippen molar-refractivity contribution in [1.82, 2.24) is 0 Å². The highest BCUT2D eigenvalue weighted by Gasteiger charge is 2.55. The van der Waals surface area contributed by atoms with Crippen molar-refractivity contribution in [3.8, 4) is 0 Å². The normalized spacial score (nSPS) is 38.2. The number of carbonyl (C=O) groups is 1. The summed E-state index contributed by atoms with van der Waals surface area (Å²) < 4.78 is 5.16. The number of cyclic esters (lactones) is 1. The van der Waals surface area contributed by atoms with Gasteiger partial charge in [-0.05, 0) is 26.2 Å². The van der Waals surface area contributed by atoms with Crippen molar-refractivity contribution in [2.24, 2.45) is 11.8 Å². The summed E-state index contributed by atoms with van der Waals surface area (Å²) in [5.74, 6) is -0.992. The summed E-state index contributed by atoms with van der Waals surface area (Å²) >= 11 is 0. The highest BCUT2D eigenvalue weighted by atomic mass is 16.6. The third kappa shape index (κ3) is 2.09. The molecule has 0 aromatic carbocycles. The average Bonchev–Trinajstić information content (AvgIpc) is 2.43. The molecule has 0 saturated carbocycles. The molecule has 0 aliphatic carbocycles. The quantitative estimate of drug-likeness (QED) is 0.710. The molecule has 2 N–H and O–H groups in total. The van der Waals surface area contributed by atoms with E-state index < -0.39 is 29.7 Å². The standard InChI is InChI=1S/C12H22O4/c1-5-6-7(2)9(13)12(4)10(14)8(3)11(15)16-12/h7-10,13-14H,5-6H2,1-4H3/t7?,8-,9?,10+,12-/m0/s1. The van der Waals surface area contributed by atoms with Crippen molar-refractivity contribution in [1.29, 1.82) is 0 Å². The number of esters is 1. The molecule has 5 atom stereocenters. The van der Waals surface area contributed by atoms with Gasteiger partial charge in [0.1, 0.15) is 6.10 Å². The van der Waals surface area contributed by atoms with E-state index in [2.05, 4.69) is 0 Å². The minimum absolute atomic E-state index is 0.00255. The second kappa shape index (κ2) is 4.72. The molecule has 94 valence electrons. The minimum Gasteiger partial charge on any atom is -0.453 e. The summed E-state index contributed by atoms with van der Waals surface area (Å²) in [7, 11) is 0. The van der Waals surface area contributed by atoms with E-state index in [1.807, 2.05) is 13.8 Å². The summed E-state index contributed by atoms with van der Waals surface area (Å²) in [5, 5.41) is 20.1. The summed E-state index contributed by atoms with van der Waals surface area (Å²) in [5.41, 5.74) is -1.16. The van der Waals surface area contributed by atoms with Gasteiger partial charge in [-0.1, -0.05) is 20.3 Å². The van der Waals surface area contributed by atoms with Crippen LogP contribution in [0.1, 0.15) is 40.5 Å². The van der Waals surface area contributed by atoms with Gasteiger partial charge in [0.05, 0.1) is 12.0 Å². The molecule has 0 spiro atoms. The molecule has 2 unspecified atom stereocenters. The summed E-state index contributed by atoms with van der Waals surface area (Å²) in [6, 6.07) is 0.